The van der Waals surface area contributed by atoms with Crippen molar-refractivity contribution >= 4 is 52.3 Å². The number of likely N-dealkylation sites (tertiary alicyclic amines) is 1. The van der Waals surface area contributed by atoms with Crippen LogP contribution >= 0.6 is 34.8 Å². The molecule has 6 nitrogen and oxygen atoms in total. The number of nitrogens with two attached hydrogens (primary N) is 1. The van der Waals surface area contributed by atoms with E-state index >= 15 is 0 Å². The minimum atomic E-state index is -0.549. The molecule has 0 aliphatic carbocycles. The molecule has 1 aliphatic rings. The van der Waals surface area contributed by atoms with Gasteiger partial charge in [0.2, 0.25) is 11.8 Å². The summed E-state index contributed by atoms with van der Waals surface area (Å²) in [5.74, 6) is -0.525. The first-order valence-electron chi connectivity index (χ1n) is 12.5. The third-order valence-electron chi connectivity index (χ3n) is 7.06. The number of benzene rings is 3. The zero-order valence-corrected chi connectivity index (χ0v) is 23.7. The second-order valence-corrected chi connectivity index (χ2v) is 10.9. The number of halogens is 3. The molecule has 3 aromatic carbocycles. The molecular formula is C29H31Cl3N4O2. The van der Waals surface area contributed by atoms with E-state index in [1.54, 1.807) is 24.3 Å². The van der Waals surface area contributed by atoms with Gasteiger partial charge in [0.25, 0.3) is 0 Å². The molecular weight excluding hydrogens is 543 g/mol. The van der Waals surface area contributed by atoms with Crippen molar-refractivity contribution in [2.75, 3.05) is 38.6 Å². The molecule has 2 amide bonds. The van der Waals surface area contributed by atoms with Crippen LogP contribution in [-0.4, -0.2) is 61.5 Å². The number of primary amides is 1. The van der Waals surface area contributed by atoms with Crippen LogP contribution in [0.5, 0.6) is 0 Å². The van der Waals surface area contributed by atoms with Crippen molar-refractivity contribution in [3.05, 3.63) is 86.9 Å². The molecule has 0 bridgehead atoms. The normalized spacial score (nSPS) is 14.3. The van der Waals surface area contributed by atoms with E-state index in [1.807, 2.05) is 48.2 Å². The van der Waals surface area contributed by atoms with Gasteiger partial charge in [-0.25, -0.2) is 0 Å². The topological polar surface area (TPSA) is 69.9 Å². The molecule has 2 N–H and O–H groups in total. The highest BCUT2D eigenvalue weighted by Crippen LogP contribution is 2.28. The summed E-state index contributed by atoms with van der Waals surface area (Å²) in [6.45, 7) is 2.15. The van der Waals surface area contributed by atoms with Gasteiger partial charge in [0.05, 0.1) is 33.3 Å². The number of hydrogen-bond donors (Lipinski definition) is 1. The Morgan fingerprint density at radius 3 is 2.13 bits per heavy atom. The van der Waals surface area contributed by atoms with E-state index in [0.717, 1.165) is 48.3 Å². The maximum absolute atomic E-state index is 13.4. The highest BCUT2D eigenvalue weighted by Gasteiger charge is 2.29. The molecule has 3 aromatic rings. The molecule has 200 valence electrons. The molecule has 1 heterocycles. The molecule has 4 rings (SSSR count). The van der Waals surface area contributed by atoms with Gasteiger partial charge in [-0.05, 0) is 59.9 Å². The average molecular weight is 574 g/mol. The standard InChI is InChI=1S/C29H31Cl3N4O2/c1-34(22-10-12-24(30)26(32)17-22)18-28(37)35(2)27(36-13-3-4-14-36)15-19-5-7-20(8-6-19)21-9-11-23(29(33)38)25(31)16-21/h5-12,16-17,27H,3-4,13-15,18H2,1-2H3,(H2,33,38). The Balaban J connectivity index is 1.48. The molecule has 1 fully saturated rings. The minimum Gasteiger partial charge on any atom is -0.366 e. The van der Waals surface area contributed by atoms with E-state index in [4.69, 9.17) is 40.5 Å². The van der Waals surface area contributed by atoms with Crippen molar-refractivity contribution in [1.82, 2.24) is 9.80 Å². The van der Waals surface area contributed by atoms with Gasteiger partial charge in [0, 0.05) is 39.3 Å². The fraction of sp³-hybridized carbons (Fsp3) is 0.310. The summed E-state index contributed by atoms with van der Waals surface area (Å²) in [4.78, 5) is 31.0. The Hall–Kier alpha value is -2.77. The first-order valence-corrected chi connectivity index (χ1v) is 13.6. The highest BCUT2D eigenvalue weighted by molar-refractivity contribution is 6.42. The fourth-order valence-electron chi connectivity index (χ4n) is 4.78. The van der Waals surface area contributed by atoms with E-state index in [-0.39, 0.29) is 18.6 Å². The number of nitrogens with zero attached hydrogens (tertiary/aromatic N) is 3. The van der Waals surface area contributed by atoms with E-state index in [1.165, 1.54) is 0 Å². The quantitative estimate of drug-likeness (QED) is 0.342. The van der Waals surface area contributed by atoms with Gasteiger partial charge in [0.1, 0.15) is 0 Å². The summed E-state index contributed by atoms with van der Waals surface area (Å²) in [6, 6.07) is 18.8. The second kappa shape index (κ2) is 12.4. The molecule has 9 heteroatoms. The third-order valence-corrected chi connectivity index (χ3v) is 8.11. The lowest BCUT2D eigenvalue weighted by molar-refractivity contribution is -0.133. The number of likely N-dealkylation sites (N-methyl/N-ethyl adjacent to an activating group) is 2. The molecule has 1 unspecified atom stereocenters. The summed E-state index contributed by atoms with van der Waals surface area (Å²) < 4.78 is 0. The number of carbonyl (C=O) groups excluding carboxylic acids is 2. The van der Waals surface area contributed by atoms with Crippen LogP contribution in [0.4, 0.5) is 5.69 Å². The molecule has 0 radical (unpaired) electrons. The fourth-order valence-corrected chi connectivity index (χ4v) is 5.35. The predicted molar refractivity (Wildman–Crippen MR) is 156 cm³/mol. The summed E-state index contributed by atoms with van der Waals surface area (Å²) in [5.41, 5.74) is 9.52. The summed E-state index contributed by atoms with van der Waals surface area (Å²) in [6.07, 6.45) is 2.91. The van der Waals surface area contributed by atoms with Crippen LogP contribution in [0.25, 0.3) is 11.1 Å². The van der Waals surface area contributed by atoms with Crippen molar-refractivity contribution in [2.24, 2.45) is 5.73 Å². The Morgan fingerprint density at radius 2 is 1.53 bits per heavy atom. The zero-order valence-electron chi connectivity index (χ0n) is 21.5. The summed E-state index contributed by atoms with van der Waals surface area (Å²) in [7, 11) is 3.75. The van der Waals surface area contributed by atoms with Gasteiger partial charge in [-0.15, -0.1) is 0 Å². The minimum absolute atomic E-state index is 0.0243. The van der Waals surface area contributed by atoms with Gasteiger partial charge < -0.3 is 15.5 Å². The lowest BCUT2D eigenvalue weighted by Crippen LogP contribution is -2.51. The van der Waals surface area contributed by atoms with E-state index < -0.39 is 5.91 Å². The second-order valence-electron chi connectivity index (χ2n) is 9.64. The van der Waals surface area contributed by atoms with Gasteiger partial charge in [0.15, 0.2) is 0 Å². The lowest BCUT2D eigenvalue weighted by Gasteiger charge is -2.36. The Kier molecular flexibility index (Phi) is 9.21. The number of carbonyl (C=O) groups is 2. The number of anilines is 1. The van der Waals surface area contributed by atoms with Crippen LogP contribution < -0.4 is 10.6 Å². The van der Waals surface area contributed by atoms with Crippen molar-refractivity contribution < 1.29 is 9.59 Å². The molecule has 38 heavy (non-hydrogen) atoms. The van der Waals surface area contributed by atoms with Crippen molar-refractivity contribution in [2.45, 2.75) is 25.4 Å². The van der Waals surface area contributed by atoms with Crippen LogP contribution in [0.2, 0.25) is 15.1 Å². The molecule has 0 aromatic heterocycles. The largest absolute Gasteiger partial charge is 0.366 e. The van der Waals surface area contributed by atoms with E-state index in [9.17, 15) is 9.59 Å². The van der Waals surface area contributed by atoms with Crippen molar-refractivity contribution in [3.8, 4) is 11.1 Å². The number of hydrogen-bond acceptors (Lipinski definition) is 4. The van der Waals surface area contributed by atoms with Crippen LogP contribution in [0.15, 0.2) is 60.7 Å². The lowest BCUT2D eigenvalue weighted by atomic mass is 10.0. The SMILES string of the molecule is CN(CC(=O)N(C)C(Cc1ccc(-c2ccc(C(N)=O)c(Cl)c2)cc1)N1CCCC1)c1ccc(Cl)c(Cl)c1. The highest BCUT2D eigenvalue weighted by atomic mass is 35.5. The van der Waals surface area contributed by atoms with Crippen LogP contribution in [0.1, 0.15) is 28.8 Å². The Labute approximate surface area is 238 Å². The van der Waals surface area contributed by atoms with E-state index in [0.29, 0.717) is 27.1 Å². The predicted octanol–water partition coefficient (Wildman–Crippen LogP) is 5.97. The maximum Gasteiger partial charge on any atom is 0.250 e. The van der Waals surface area contributed by atoms with Crippen molar-refractivity contribution in [1.29, 1.82) is 0 Å². The molecule has 0 spiro atoms. The molecule has 1 aliphatic heterocycles. The number of rotatable bonds is 9. The van der Waals surface area contributed by atoms with Crippen LogP contribution in [0.3, 0.4) is 0 Å². The van der Waals surface area contributed by atoms with Gasteiger partial charge >= 0.3 is 0 Å². The average Bonchev–Trinajstić information content (AvgIpc) is 3.43. The Bertz CT molecular complexity index is 1310. The Morgan fingerprint density at radius 1 is 0.868 bits per heavy atom. The smallest absolute Gasteiger partial charge is 0.250 e. The van der Waals surface area contributed by atoms with Crippen LogP contribution in [-0.2, 0) is 11.2 Å². The van der Waals surface area contributed by atoms with Gasteiger partial charge in [-0.3, -0.25) is 14.5 Å². The van der Waals surface area contributed by atoms with Gasteiger partial charge in [-0.2, -0.15) is 0 Å². The maximum atomic E-state index is 13.4. The molecule has 1 saturated heterocycles. The monoisotopic (exact) mass is 572 g/mol. The zero-order chi connectivity index (χ0) is 27.4. The van der Waals surface area contributed by atoms with Crippen molar-refractivity contribution in [3.63, 3.8) is 0 Å². The third kappa shape index (κ3) is 6.62. The van der Waals surface area contributed by atoms with E-state index in [2.05, 4.69) is 17.0 Å². The van der Waals surface area contributed by atoms with Gasteiger partial charge in [-0.1, -0.05) is 65.1 Å². The first kappa shape index (κ1) is 28.2. The number of amides is 2. The summed E-state index contributed by atoms with van der Waals surface area (Å²) >= 11 is 18.5. The van der Waals surface area contributed by atoms with Crippen LogP contribution in [0, 0.1) is 0 Å². The molecule has 0 saturated carbocycles. The molecule has 1 atom stereocenters. The summed E-state index contributed by atoms with van der Waals surface area (Å²) in [5, 5.41) is 1.28. The first-order chi connectivity index (χ1) is 18.1.